The lowest BCUT2D eigenvalue weighted by atomic mass is 9.85. The molecule has 0 spiro atoms. The van der Waals surface area contributed by atoms with Crippen molar-refractivity contribution in [1.82, 2.24) is 9.38 Å². The molecule has 55 heavy (non-hydrogen) atoms. The van der Waals surface area contributed by atoms with Crippen molar-refractivity contribution in [3.05, 3.63) is 194 Å². The summed E-state index contributed by atoms with van der Waals surface area (Å²) in [6, 6.07) is 69.4. The number of rotatable bonds is 4. The molecule has 3 heteroatoms. The minimum Gasteiger partial charge on any atom is -0.292 e. The average Bonchev–Trinajstić information content (AvgIpc) is 3.66. The van der Waals surface area contributed by atoms with Crippen molar-refractivity contribution >= 4 is 59.9 Å². The van der Waals surface area contributed by atoms with Gasteiger partial charge in [-0.15, -0.1) is 0 Å². The minimum atomic E-state index is 0.631. The van der Waals surface area contributed by atoms with Crippen LogP contribution >= 0.6 is 0 Å². The van der Waals surface area contributed by atoms with Crippen LogP contribution in [-0.2, 0) is 0 Å². The van der Waals surface area contributed by atoms with Crippen LogP contribution in [0.1, 0.15) is 5.56 Å². The molecule has 0 amide bonds. The number of hydrogen-bond acceptors (Lipinski definition) is 2. The van der Waals surface area contributed by atoms with Gasteiger partial charge in [0.05, 0.1) is 28.2 Å². The van der Waals surface area contributed by atoms with Gasteiger partial charge < -0.3 is 0 Å². The zero-order valence-electron chi connectivity index (χ0n) is 29.7. The van der Waals surface area contributed by atoms with Crippen molar-refractivity contribution in [2.45, 2.75) is 0 Å². The van der Waals surface area contributed by atoms with Gasteiger partial charge >= 0.3 is 0 Å². The van der Waals surface area contributed by atoms with Gasteiger partial charge in [0.25, 0.3) is 0 Å². The molecule has 0 saturated carbocycles. The van der Waals surface area contributed by atoms with Gasteiger partial charge in [-0.1, -0.05) is 146 Å². The van der Waals surface area contributed by atoms with Crippen LogP contribution in [0.2, 0.25) is 0 Å². The molecule has 0 aliphatic heterocycles. The third-order valence-corrected chi connectivity index (χ3v) is 11.2. The topological polar surface area (TPSA) is 41.1 Å². The number of pyridine rings is 1. The van der Waals surface area contributed by atoms with Crippen molar-refractivity contribution in [3.63, 3.8) is 0 Å². The van der Waals surface area contributed by atoms with Gasteiger partial charge in [0.2, 0.25) is 0 Å². The highest BCUT2D eigenvalue weighted by molar-refractivity contribution is 6.22. The van der Waals surface area contributed by atoms with E-state index in [-0.39, 0.29) is 0 Å². The van der Waals surface area contributed by atoms with Crippen molar-refractivity contribution < 1.29 is 0 Å². The van der Waals surface area contributed by atoms with E-state index >= 15 is 0 Å². The van der Waals surface area contributed by atoms with E-state index in [1.54, 1.807) is 0 Å². The van der Waals surface area contributed by atoms with E-state index in [0.29, 0.717) is 5.56 Å². The van der Waals surface area contributed by atoms with Crippen molar-refractivity contribution in [1.29, 1.82) is 5.26 Å². The van der Waals surface area contributed by atoms with E-state index < -0.39 is 0 Å². The predicted molar refractivity (Wildman–Crippen MR) is 229 cm³/mol. The highest BCUT2D eigenvalue weighted by Crippen LogP contribution is 2.45. The third-order valence-electron chi connectivity index (χ3n) is 11.2. The Bertz CT molecular complexity index is 3350. The first-order valence-corrected chi connectivity index (χ1v) is 18.6. The maximum atomic E-state index is 9.79. The summed E-state index contributed by atoms with van der Waals surface area (Å²) in [5, 5.41) is 18.1. The molecule has 11 aromatic rings. The number of para-hydroxylation sites is 2. The maximum absolute atomic E-state index is 9.79. The average molecular weight is 698 g/mol. The van der Waals surface area contributed by atoms with Crippen LogP contribution in [-0.4, -0.2) is 9.38 Å². The summed E-state index contributed by atoms with van der Waals surface area (Å²) in [4.78, 5) is 5.06. The zero-order valence-corrected chi connectivity index (χ0v) is 29.7. The van der Waals surface area contributed by atoms with E-state index in [1.807, 2.05) is 30.3 Å². The molecule has 0 aliphatic rings. The first-order valence-electron chi connectivity index (χ1n) is 18.6. The summed E-state index contributed by atoms with van der Waals surface area (Å²) < 4.78 is 2.20. The lowest BCUT2D eigenvalue weighted by Gasteiger charge is -2.18. The minimum absolute atomic E-state index is 0.631. The SMILES string of the molecule is N#Cc1ccc2c3cc(-c4ccc(-c5ccc6c(-c7ccccc7)c7ccccc7c(-c7ccccc7)c6c5)cc4)ccc3c3nc4ccccc4n3c2c1. The van der Waals surface area contributed by atoms with Gasteiger partial charge in [-0.3, -0.25) is 4.40 Å². The second-order valence-electron chi connectivity index (χ2n) is 14.2. The molecule has 254 valence electrons. The van der Waals surface area contributed by atoms with Crippen molar-refractivity contribution in [2.75, 3.05) is 0 Å². The van der Waals surface area contributed by atoms with Gasteiger partial charge in [0.15, 0.2) is 0 Å². The largest absolute Gasteiger partial charge is 0.292 e. The summed E-state index contributed by atoms with van der Waals surface area (Å²) >= 11 is 0. The number of benzene rings is 9. The Hall–Kier alpha value is -7.54. The van der Waals surface area contributed by atoms with Gasteiger partial charge in [-0.25, -0.2) is 4.98 Å². The molecule has 0 saturated heterocycles. The number of nitrogens with zero attached hydrogens (tertiary/aromatic N) is 3. The fourth-order valence-corrected chi connectivity index (χ4v) is 8.65. The Labute approximate surface area is 317 Å². The fourth-order valence-electron chi connectivity index (χ4n) is 8.65. The monoisotopic (exact) mass is 697 g/mol. The molecule has 0 aliphatic carbocycles. The molecule has 11 rings (SSSR count). The Morgan fingerprint density at radius 1 is 0.364 bits per heavy atom. The van der Waals surface area contributed by atoms with Gasteiger partial charge in [0, 0.05) is 10.8 Å². The van der Waals surface area contributed by atoms with Gasteiger partial charge in [-0.05, 0) is 114 Å². The molecule has 0 fully saturated rings. The first kappa shape index (κ1) is 31.0. The first-order chi connectivity index (χ1) is 27.2. The Morgan fingerprint density at radius 2 is 0.873 bits per heavy atom. The number of nitriles is 1. The molecule has 2 heterocycles. The summed E-state index contributed by atoms with van der Waals surface area (Å²) in [6.45, 7) is 0. The molecule has 0 bridgehead atoms. The molecular formula is C52H31N3. The van der Waals surface area contributed by atoms with E-state index in [9.17, 15) is 5.26 Å². The quantitative estimate of drug-likeness (QED) is 0.136. The molecule has 0 unspecified atom stereocenters. The molecule has 0 atom stereocenters. The van der Waals surface area contributed by atoms with Gasteiger partial charge in [-0.2, -0.15) is 5.26 Å². The van der Waals surface area contributed by atoms with E-state index in [1.165, 1.54) is 54.9 Å². The number of fused-ring (bicyclic) bond motifs is 10. The summed E-state index contributed by atoms with van der Waals surface area (Å²) in [7, 11) is 0. The molecule has 3 nitrogen and oxygen atoms in total. The molecular weight excluding hydrogens is 667 g/mol. The third kappa shape index (κ3) is 4.86. The zero-order chi connectivity index (χ0) is 36.5. The highest BCUT2D eigenvalue weighted by atomic mass is 15.0. The number of imidazole rings is 1. The van der Waals surface area contributed by atoms with E-state index in [0.717, 1.165) is 49.5 Å². The predicted octanol–water partition coefficient (Wildman–Crippen LogP) is 13.6. The van der Waals surface area contributed by atoms with Crippen LogP contribution in [0.4, 0.5) is 0 Å². The summed E-state index contributed by atoms with van der Waals surface area (Å²) in [6.07, 6.45) is 0. The maximum Gasteiger partial charge on any atom is 0.146 e. The second-order valence-corrected chi connectivity index (χ2v) is 14.2. The Balaban J connectivity index is 1.07. The molecule has 0 N–H and O–H groups in total. The smallest absolute Gasteiger partial charge is 0.146 e. The van der Waals surface area contributed by atoms with Crippen LogP contribution in [0, 0.1) is 11.3 Å². The lowest BCUT2D eigenvalue weighted by molar-refractivity contribution is 1.31. The summed E-state index contributed by atoms with van der Waals surface area (Å²) in [5.41, 5.74) is 14.1. The fraction of sp³-hybridized carbons (Fsp3) is 0. The van der Waals surface area contributed by atoms with Crippen LogP contribution in [0.15, 0.2) is 188 Å². The number of hydrogen-bond donors (Lipinski definition) is 0. The molecule has 9 aromatic carbocycles. The van der Waals surface area contributed by atoms with E-state index in [4.69, 9.17) is 4.98 Å². The van der Waals surface area contributed by atoms with Crippen LogP contribution in [0.25, 0.3) is 104 Å². The van der Waals surface area contributed by atoms with Gasteiger partial charge in [0.1, 0.15) is 5.65 Å². The standard InChI is InChI=1S/C52H31N3/c53-32-33-19-26-40-45-30-38(25-28-44(45)52-54-47-17-9-10-18-48(47)55(52)49(40)29-33)34-20-22-35(23-21-34)39-24-27-43-46(31-39)51(37-13-5-2-6-14-37)42-16-8-7-15-41(42)50(43)36-11-3-1-4-12-36/h1-31H. The molecule has 0 radical (unpaired) electrons. The van der Waals surface area contributed by atoms with Crippen molar-refractivity contribution in [3.8, 4) is 50.6 Å². The van der Waals surface area contributed by atoms with Crippen LogP contribution in [0.3, 0.4) is 0 Å². The molecule has 2 aromatic heterocycles. The summed E-state index contributed by atoms with van der Waals surface area (Å²) in [5.74, 6) is 0. The Morgan fingerprint density at radius 3 is 1.53 bits per heavy atom. The lowest BCUT2D eigenvalue weighted by Crippen LogP contribution is -1.93. The second kappa shape index (κ2) is 12.3. The normalized spacial score (nSPS) is 11.6. The van der Waals surface area contributed by atoms with Crippen molar-refractivity contribution in [2.24, 2.45) is 0 Å². The van der Waals surface area contributed by atoms with E-state index in [2.05, 4.69) is 168 Å². The van der Waals surface area contributed by atoms with Crippen LogP contribution < -0.4 is 0 Å². The van der Waals surface area contributed by atoms with Crippen LogP contribution in [0.5, 0.6) is 0 Å². The Kier molecular flexibility index (Phi) is 6.92. The number of aromatic nitrogens is 2. The highest BCUT2D eigenvalue weighted by Gasteiger charge is 2.18.